The summed E-state index contributed by atoms with van der Waals surface area (Å²) in [5.41, 5.74) is 3.57. The molecule has 1 N–H and O–H groups in total. The predicted molar refractivity (Wildman–Crippen MR) is 115 cm³/mol. The standard InChI is InChI=1S/C20H17BrINO2/c1-11-8-14(9-12(2)18(11)22)23-20(24)16-10-13-6-4-5-7-15(13)17(21)19(16)25-3/h4-10H,1-3H3,(H,23,24). The SMILES string of the molecule is COc1c(C(=O)Nc2cc(C)c(I)c(C)c2)cc2ccccc2c1Br. The highest BCUT2D eigenvalue weighted by Crippen LogP contribution is 2.37. The maximum Gasteiger partial charge on any atom is 0.259 e. The highest BCUT2D eigenvalue weighted by Gasteiger charge is 2.18. The van der Waals surface area contributed by atoms with Crippen LogP contribution in [0.25, 0.3) is 10.8 Å². The van der Waals surface area contributed by atoms with Crippen molar-refractivity contribution >= 4 is 60.9 Å². The number of hydrogen-bond acceptors (Lipinski definition) is 2. The summed E-state index contributed by atoms with van der Waals surface area (Å²) in [5, 5.41) is 4.98. The number of ether oxygens (including phenoxy) is 1. The van der Waals surface area contributed by atoms with Gasteiger partial charge in [-0.3, -0.25) is 4.79 Å². The number of nitrogens with one attached hydrogen (secondary N) is 1. The number of carbonyl (C=O) groups excluding carboxylic acids is 1. The number of fused-ring (bicyclic) bond motifs is 1. The number of carbonyl (C=O) groups is 1. The molecule has 1 amide bonds. The van der Waals surface area contributed by atoms with E-state index >= 15 is 0 Å². The normalized spacial score (nSPS) is 10.8. The largest absolute Gasteiger partial charge is 0.495 e. The molecule has 0 aliphatic heterocycles. The third-order valence-corrected chi connectivity index (χ3v) is 6.57. The van der Waals surface area contributed by atoms with Gasteiger partial charge in [-0.15, -0.1) is 0 Å². The van der Waals surface area contributed by atoms with Crippen LogP contribution in [0.15, 0.2) is 46.9 Å². The van der Waals surface area contributed by atoms with Crippen molar-refractivity contribution in [2.75, 3.05) is 12.4 Å². The van der Waals surface area contributed by atoms with Crippen molar-refractivity contribution in [2.45, 2.75) is 13.8 Å². The predicted octanol–water partition coefficient (Wildman–Crippen LogP) is 6.08. The van der Waals surface area contributed by atoms with Gasteiger partial charge in [0.15, 0.2) is 0 Å². The molecule has 3 aromatic rings. The fourth-order valence-corrected chi connectivity index (χ4v) is 3.92. The lowest BCUT2D eigenvalue weighted by Crippen LogP contribution is -2.14. The highest BCUT2D eigenvalue weighted by molar-refractivity contribution is 14.1. The van der Waals surface area contributed by atoms with Crippen LogP contribution in [0.2, 0.25) is 0 Å². The van der Waals surface area contributed by atoms with Gasteiger partial charge in [-0.1, -0.05) is 24.3 Å². The van der Waals surface area contributed by atoms with Crippen molar-refractivity contribution in [1.29, 1.82) is 0 Å². The third kappa shape index (κ3) is 3.53. The molecule has 0 fully saturated rings. The van der Waals surface area contributed by atoms with E-state index in [-0.39, 0.29) is 5.91 Å². The molecule has 0 aliphatic rings. The zero-order chi connectivity index (χ0) is 18.1. The number of hydrogen-bond donors (Lipinski definition) is 1. The van der Waals surface area contributed by atoms with E-state index in [1.54, 1.807) is 7.11 Å². The number of rotatable bonds is 3. The minimum Gasteiger partial charge on any atom is -0.495 e. The molecule has 0 heterocycles. The maximum atomic E-state index is 12.9. The van der Waals surface area contributed by atoms with Gasteiger partial charge in [-0.05, 0) is 92.5 Å². The fraction of sp³-hybridized carbons (Fsp3) is 0.150. The van der Waals surface area contributed by atoms with Crippen molar-refractivity contribution in [1.82, 2.24) is 0 Å². The Labute approximate surface area is 169 Å². The first-order chi connectivity index (χ1) is 11.9. The molecule has 0 aliphatic carbocycles. The monoisotopic (exact) mass is 509 g/mol. The molecule has 5 heteroatoms. The summed E-state index contributed by atoms with van der Waals surface area (Å²) < 4.78 is 7.50. The summed E-state index contributed by atoms with van der Waals surface area (Å²) in [6.07, 6.45) is 0. The second kappa shape index (κ2) is 7.33. The lowest BCUT2D eigenvalue weighted by Gasteiger charge is -2.14. The fourth-order valence-electron chi connectivity index (χ4n) is 2.87. The Morgan fingerprint density at radius 2 is 1.76 bits per heavy atom. The quantitative estimate of drug-likeness (QED) is 0.434. The molecule has 0 unspecified atom stereocenters. The van der Waals surface area contributed by atoms with Gasteiger partial charge in [-0.2, -0.15) is 0 Å². The van der Waals surface area contributed by atoms with Crippen LogP contribution >= 0.6 is 38.5 Å². The number of methoxy groups -OCH3 is 1. The summed E-state index contributed by atoms with van der Waals surface area (Å²) in [4.78, 5) is 12.9. The third-order valence-electron chi connectivity index (χ3n) is 4.08. The second-order valence-corrected chi connectivity index (χ2v) is 7.74. The average molecular weight is 510 g/mol. The molecule has 0 aromatic heterocycles. The van der Waals surface area contributed by atoms with Crippen molar-refractivity contribution < 1.29 is 9.53 Å². The van der Waals surface area contributed by atoms with E-state index in [1.165, 1.54) is 3.57 Å². The van der Waals surface area contributed by atoms with Crippen molar-refractivity contribution in [3.63, 3.8) is 0 Å². The first-order valence-corrected chi connectivity index (χ1v) is 9.63. The zero-order valence-corrected chi connectivity index (χ0v) is 17.9. The Bertz CT molecular complexity index is 962. The lowest BCUT2D eigenvalue weighted by molar-refractivity contribution is 0.102. The summed E-state index contributed by atoms with van der Waals surface area (Å²) >= 11 is 5.89. The summed E-state index contributed by atoms with van der Waals surface area (Å²) in [5.74, 6) is 0.346. The second-order valence-electron chi connectivity index (χ2n) is 5.87. The summed E-state index contributed by atoms with van der Waals surface area (Å²) in [7, 11) is 1.57. The van der Waals surface area contributed by atoms with Crippen molar-refractivity contribution in [3.05, 3.63) is 67.2 Å². The van der Waals surface area contributed by atoms with E-state index in [0.717, 1.165) is 32.1 Å². The van der Waals surface area contributed by atoms with Gasteiger partial charge in [0.1, 0.15) is 5.75 Å². The molecule has 128 valence electrons. The molecular weight excluding hydrogens is 493 g/mol. The van der Waals surface area contributed by atoms with Gasteiger partial charge in [0.25, 0.3) is 5.91 Å². The minimum absolute atomic E-state index is 0.191. The van der Waals surface area contributed by atoms with Gasteiger partial charge in [0.2, 0.25) is 0 Å². The van der Waals surface area contributed by atoms with Crippen LogP contribution in [0.5, 0.6) is 5.75 Å². The number of amides is 1. The van der Waals surface area contributed by atoms with Gasteiger partial charge >= 0.3 is 0 Å². The van der Waals surface area contributed by atoms with E-state index in [4.69, 9.17) is 4.74 Å². The molecular formula is C20H17BrINO2. The van der Waals surface area contributed by atoms with E-state index in [1.807, 2.05) is 56.3 Å². The molecule has 25 heavy (non-hydrogen) atoms. The van der Waals surface area contributed by atoms with Crippen LogP contribution in [0.4, 0.5) is 5.69 Å². The molecule has 0 atom stereocenters. The van der Waals surface area contributed by atoms with Crippen molar-refractivity contribution in [3.8, 4) is 5.75 Å². The van der Waals surface area contributed by atoms with Crippen LogP contribution in [0.1, 0.15) is 21.5 Å². The van der Waals surface area contributed by atoms with Crippen LogP contribution in [-0.4, -0.2) is 13.0 Å². The topological polar surface area (TPSA) is 38.3 Å². The van der Waals surface area contributed by atoms with Crippen molar-refractivity contribution in [2.24, 2.45) is 0 Å². The highest BCUT2D eigenvalue weighted by atomic mass is 127. The number of halogens is 2. The number of benzene rings is 3. The maximum absolute atomic E-state index is 12.9. The first-order valence-electron chi connectivity index (χ1n) is 7.75. The van der Waals surface area contributed by atoms with Gasteiger partial charge in [0, 0.05) is 9.26 Å². The average Bonchev–Trinajstić information content (AvgIpc) is 2.59. The number of anilines is 1. The van der Waals surface area contributed by atoms with Gasteiger partial charge in [0.05, 0.1) is 17.1 Å². The smallest absolute Gasteiger partial charge is 0.259 e. The lowest BCUT2D eigenvalue weighted by atomic mass is 10.0. The molecule has 0 saturated carbocycles. The summed E-state index contributed by atoms with van der Waals surface area (Å²) in [6.45, 7) is 4.08. The summed E-state index contributed by atoms with van der Waals surface area (Å²) in [6, 6.07) is 13.7. The Hall–Kier alpha value is -1.60. The Morgan fingerprint density at radius 1 is 1.12 bits per heavy atom. The Kier molecular flexibility index (Phi) is 5.34. The van der Waals surface area contributed by atoms with Gasteiger partial charge < -0.3 is 10.1 Å². The molecule has 0 saturated heterocycles. The molecule has 3 rings (SSSR count). The van der Waals surface area contributed by atoms with Crippen LogP contribution in [0, 0.1) is 17.4 Å². The molecule has 0 bridgehead atoms. The van der Waals surface area contributed by atoms with E-state index in [2.05, 4.69) is 43.8 Å². The van der Waals surface area contributed by atoms with Crippen LogP contribution < -0.4 is 10.1 Å². The molecule has 3 aromatic carbocycles. The Balaban J connectivity index is 2.05. The zero-order valence-electron chi connectivity index (χ0n) is 14.1. The molecule has 0 radical (unpaired) electrons. The van der Waals surface area contributed by atoms with E-state index < -0.39 is 0 Å². The molecule has 0 spiro atoms. The van der Waals surface area contributed by atoms with E-state index in [0.29, 0.717) is 11.3 Å². The number of aryl methyl sites for hydroxylation is 2. The Morgan fingerprint density at radius 3 is 2.40 bits per heavy atom. The minimum atomic E-state index is -0.191. The van der Waals surface area contributed by atoms with E-state index in [9.17, 15) is 4.79 Å². The molecule has 3 nitrogen and oxygen atoms in total. The van der Waals surface area contributed by atoms with Crippen LogP contribution in [0.3, 0.4) is 0 Å². The first kappa shape index (κ1) is 18.2. The van der Waals surface area contributed by atoms with Crippen LogP contribution in [-0.2, 0) is 0 Å². The van der Waals surface area contributed by atoms with Gasteiger partial charge in [-0.25, -0.2) is 0 Å².